The van der Waals surface area contributed by atoms with Gasteiger partial charge in [0.25, 0.3) is 0 Å². The first-order chi connectivity index (χ1) is 8.25. The number of fused-ring (bicyclic) bond motifs is 2. The van der Waals surface area contributed by atoms with Crippen molar-refractivity contribution in [1.82, 2.24) is 0 Å². The zero-order valence-corrected chi connectivity index (χ0v) is 9.85. The smallest absolute Gasteiger partial charge is 0.0563 e. The van der Waals surface area contributed by atoms with E-state index in [9.17, 15) is 0 Å². The second-order valence-corrected chi connectivity index (χ2v) is 4.57. The van der Waals surface area contributed by atoms with E-state index in [-0.39, 0.29) is 6.04 Å². The molecule has 0 aliphatic heterocycles. The van der Waals surface area contributed by atoms with Crippen molar-refractivity contribution in [2.45, 2.75) is 13.0 Å². The van der Waals surface area contributed by atoms with E-state index in [0.717, 1.165) is 0 Å². The highest BCUT2D eigenvalue weighted by molar-refractivity contribution is 5.76. The number of hydrogen-bond acceptors (Lipinski definition) is 1. The molecule has 2 aromatic carbocycles. The monoisotopic (exact) mass is 221 g/mol. The number of aryl methyl sites for hydroxylation is 1. The molecule has 1 aliphatic rings. The zero-order chi connectivity index (χ0) is 11.8. The topological polar surface area (TPSA) is 26.0 Å². The molecule has 1 aliphatic carbocycles. The number of benzene rings is 2. The molecular weight excluding hydrogens is 206 g/mol. The maximum absolute atomic E-state index is 6.37. The van der Waals surface area contributed by atoms with Crippen LogP contribution in [0.1, 0.15) is 33.9 Å². The summed E-state index contributed by atoms with van der Waals surface area (Å²) in [5, 5.41) is 0. The second kappa shape index (κ2) is 3.86. The van der Waals surface area contributed by atoms with E-state index >= 15 is 0 Å². The van der Waals surface area contributed by atoms with Crippen molar-refractivity contribution in [3.63, 3.8) is 0 Å². The van der Waals surface area contributed by atoms with Gasteiger partial charge < -0.3 is 5.73 Å². The van der Waals surface area contributed by atoms with Crippen LogP contribution in [0, 0.1) is 6.92 Å². The molecule has 2 aromatic rings. The van der Waals surface area contributed by atoms with E-state index < -0.39 is 0 Å². The lowest BCUT2D eigenvalue weighted by molar-refractivity contribution is 0.868. The van der Waals surface area contributed by atoms with Crippen molar-refractivity contribution in [2.75, 3.05) is 0 Å². The van der Waals surface area contributed by atoms with Gasteiger partial charge in [-0.2, -0.15) is 0 Å². The van der Waals surface area contributed by atoms with Gasteiger partial charge in [-0.1, -0.05) is 60.2 Å². The number of rotatable bonds is 0. The highest BCUT2D eigenvalue weighted by Gasteiger charge is 2.16. The van der Waals surface area contributed by atoms with Crippen molar-refractivity contribution in [3.8, 4) is 0 Å². The Morgan fingerprint density at radius 3 is 2.47 bits per heavy atom. The first-order valence-electron chi connectivity index (χ1n) is 5.89. The van der Waals surface area contributed by atoms with Crippen LogP contribution in [-0.2, 0) is 0 Å². The largest absolute Gasteiger partial charge is 0.320 e. The average Bonchev–Trinajstić information content (AvgIpc) is 2.48. The lowest BCUT2D eigenvalue weighted by atomic mass is 9.94. The normalized spacial score (nSPS) is 17.2. The Kier molecular flexibility index (Phi) is 2.34. The van der Waals surface area contributed by atoms with Crippen LogP contribution in [-0.4, -0.2) is 0 Å². The van der Waals surface area contributed by atoms with Crippen LogP contribution in [0.4, 0.5) is 0 Å². The summed E-state index contributed by atoms with van der Waals surface area (Å²) in [7, 11) is 0. The van der Waals surface area contributed by atoms with Gasteiger partial charge in [0.2, 0.25) is 0 Å². The Morgan fingerprint density at radius 1 is 0.882 bits per heavy atom. The van der Waals surface area contributed by atoms with E-state index in [4.69, 9.17) is 5.73 Å². The molecule has 3 rings (SSSR count). The molecule has 0 heterocycles. The molecule has 17 heavy (non-hydrogen) atoms. The third-order valence-corrected chi connectivity index (χ3v) is 3.35. The van der Waals surface area contributed by atoms with Crippen LogP contribution < -0.4 is 5.73 Å². The minimum atomic E-state index is -0.0307. The Balaban J connectivity index is 2.24. The first-order valence-corrected chi connectivity index (χ1v) is 5.89. The molecular formula is C16H15N. The maximum Gasteiger partial charge on any atom is 0.0563 e. The zero-order valence-electron chi connectivity index (χ0n) is 9.85. The van der Waals surface area contributed by atoms with Gasteiger partial charge in [0, 0.05) is 0 Å². The van der Waals surface area contributed by atoms with Crippen molar-refractivity contribution in [2.24, 2.45) is 5.73 Å². The van der Waals surface area contributed by atoms with Crippen molar-refractivity contribution in [1.29, 1.82) is 0 Å². The second-order valence-electron chi connectivity index (χ2n) is 4.57. The minimum Gasteiger partial charge on any atom is -0.320 e. The molecule has 0 bridgehead atoms. The highest BCUT2D eigenvalue weighted by Crippen LogP contribution is 2.31. The summed E-state index contributed by atoms with van der Waals surface area (Å²) in [6, 6.07) is 14.8. The van der Waals surface area contributed by atoms with Gasteiger partial charge in [0.15, 0.2) is 0 Å². The predicted molar refractivity (Wildman–Crippen MR) is 72.6 cm³/mol. The standard InChI is InChI=1S/C16H15N/c1-11-6-9-15-13(10-11)8-7-12-4-2-3-5-14(12)16(15)17/h2-10,16H,17H2,1H3. The lowest BCUT2D eigenvalue weighted by Gasteiger charge is -2.15. The van der Waals surface area contributed by atoms with E-state index in [2.05, 4.69) is 55.5 Å². The molecule has 0 aromatic heterocycles. The Hall–Kier alpha value is -1.86. The van der Waals surface area contributed by atoms with Crippen LogP contribution in [0.3, 0.4) is 0 Å². The van der Waals surface area contributed by atoms with Crippen molar-refractivity contribution >= 4 is 12.2 Å². The molecule has 0 radical (unpaired) electrons. The van der Waals surface area contributed by atoms with E-state index in [1.807, 2.05) is 6.07 Å². The lowest BCUT2D eigenvalue weighted by Crippen LogP contribution is -2.13. The van der Waals surface area contributed by atoms with Crippen LogP contribution in [0.5, 0.6) is 0 Å². The van der Waals surface area contributed by atoms with Gasteiger partial charge in [-0.15, -0.1) is 0 Å². The molecule has 0 spiro atoms. The van der Waals surface area contributed by atoms with Crippen LogP contribution in [0.2, 0.25) is 0 Å². The molecule has 1 atom stereocenters. The van der Waals surface area contributed by atoms with E-state index in [0.29, 0.717) is 0 Å². The van der Waals surface area contributed by atoms with Crippen LogP contribution in [0.15, 0.2) is 42.5 Å². The van der Waals surface area contributed by atoms with Gasteiger partial charge in [-0.3, -0.25) is 0 Å². The minimum absolute atomic E-state index is 0.0307. The molecule has 0 saturated carbocycles. The van der Waals surface area contributed by atoms with Crippen LogP contribution in [0.25, 0.3) is 12.2 Å². The fourth-order valence-corrected chi connectivity index (χ4v) is 2.41. The summed E-state index contributed by atoms with van der Waals surface area (Å²) in [5.74, 6) is 0. The Labute approximate surface area is 102 Å². The summed E-state index contributed by atoms with van der Waals surface area (Å²) < 4.78 is 0. The summed E-state index contributed by atoms with van der Waals surface area (Å²) in [6.45, 7) is 2.11. The molecule has 1 nitrogen and oxygen atoms in total. The summed E-state index contributed by atoms with van der Waals surface area (Å²) >= 11 is 0. The third-order valence-electron chi connectivity index (χ3n) is 3.35. The molecule has 1 unspecified atom stereocenters. The first kappa shape index (κ1) is 10.3. The molecule has 0 saturated heterocycles. The van der Waals surface area contributed by atoms with Crippen molar-refractivity contribution < 1.29 is 0 Å². The van der Waals surface area contributed by atoms with E-state index in [1.165, 1.54) is 27.8 Å². The van der Waals surface area contributed by atoms with Gasteiger partial charge in [-0.05, 0) is 29.2 Å². The molecule has 2 N–H and O–H groups in total. The fourth-order valence-electron chi connectivity index (χ4n) is 2.41. The van der Waals surface area contributed by atoms with E-state index in [1.54, 1.807) is 0 Å². The quantitative estimate of drug-likeness (QED) is 0.723. The molecule has 0 fully saturated rings. The SMILES string of the molecule is Cc1ccc2c(c1)C=Cc1ccccc1C2N. The highest BCUT2D eigenvalue weighted by atomic mass is 14.6. The van der Waals surface area contributed by atoms with Crippen LogP contribution >= 0.6 is 0 Å². The predicted octanol–water partition coefficient (Wildman–Crippen LogP) is 3.53. The maximum atomic E-state index is 6.37. The fraction of sp³-hybridized carbons (Fsp3) is 0.125. The number of nitrogens with two attached hydrogens (primary N) is 1. The average molecular weight is 221 g/mol. The Morgan fingerprint density at radius 2 is 1.59 bits per heavy atom. The van der Waals surface area contributed by atoms with Gasteiger partial charge in [0.1, 0.15) is 0 Å². The van der Waals surface area contributed by atoms with Gasteiger partial charge in [0.05, 0.1) is 6.04 Å². The third kappa shape index (κ3) is 1.69. The summed E-state index contributed by atoms with van der Waals surface area (Å²) in [5.41, 5.74) is 12.5. The Bertz CT molecular complexity index is 596. The molecule has 1 heteroatoms. The summed E-state index contributed by atoms with van der Waals surface area (Å²) in [4.78, 5) is 0. The summed E-state index contributed by atoms with van der Waals surface area (Å²) in [6.07, 6.45) is 4.31. The van der Waals surface area contributed by atoms with Gasteiger partial charge in [-0.25, -0.2) is 0 Å². The molecule has 0 amide bonds. The van der Waals surface area contributed by atoms with Crippen molar-refractivity contribution in [3.05, 3.63) is 70.3 Å². The number of hydrogen-bond donors (Lipinski definition) is 1. The van der Waals surface area contributed by atoms with Gasteiger partial charge >= 0.3 is 0 Å². The molecule has 84 valence electrons.